The van der Waals surface area contributed by atoms with Crippen molar-refractivity contribution in [1.82, 2.24) is 20.1 Å². The van der Waals surface area contributed by atoms with Crippen LogP contribution in [0.3, 0.4) is 0 Å². The number of hydrogen-bond acceptors (Lipinski definition) is 5. The molecule has 7 nitrogen and oxygen atoms in total. The van der Waals surface area contributed by atoms with Crippen LogP contribution in [0.5, 0.6) is 5.88 Å². The third-order valence-corrected chi connectivity index (χ3v) is 4.52. The average molecular weight is 415 g/mol. The molecule has 0 radical (unpaired) electrons. The third kappa shape index (κ3) is 5.34. The predicted molar refractivity (Wildman–Crippen MR) is 111 cm³/mol. The van der Waals surface area contributed by atoms with Gasteiger partial charge in [0.25, 0.3) is 5.91 Å². The highest BCUT2D eigenvalue weighted by atomic mass is 35.5. The maximum absolute atomic E-state index is 12.7. The molecule has 2 heterocycles. The molecular weight excluding hydrogens is 392 g/mol. The summed E-state index contributed by atoms with van der Waals surface area (Å²) in [6.07, 6.45) is 3.92. The monoisotopic (exact) mass is 414 g/mol. The Labute approximate surface area is 174 Å². The van der Waals surface area contributed by atoms with Crippen molar-refractivity contribution in [2.24, 2.45) is 0 Å². The molecule has 0 atom stereocenters. The van der Waals surface area contributed by atoms with Crippen molar-refractivity contribution in [1.29, 1.82) is 0 Å². The molecule has 2 aromatic heterocycles. The lowest BCUT2D eigenvalue weighted by Crippen LogP contribution is -2.24. The van der Waals surface area contributed by atoms with Gasteiger partial charge in [0.05, 0.1) is 29.7 Å². The van der Waals surface area contributed by atoms with Gasteiger partial charge in [-0.05, 0) is 30.2 Å². The number of pyridine rings is 1. The molecule has 1 N–H and O–H groups in total. The summed E-state index contributed by atoms with van der Waals surface area (Å²) in [5.74, 6) is 0.337. The summed E-state index contributed by atoms with van der Waals surface area (Å²) in [6, 6.07) is 11.0. The van der Waals surface area contributed by atoms with Crippen LogP contribution >= 0.6 is 11.6 Å². The zero-order chi connectivity index (χ0) is 20.6. The first kappa shape index (κ1) is 20.8. The van der Waals surface area contributed by atoms with Gasteiger partial charge in [0.1, 0.15) is 6.61 Å². The number of nitrogens with zero attached hydrogens (tertiary/aromatic N) is 3. The van der Waals surface area contributed by atoms with Gasteiger partial charge in [-0.15, -0.1) is 0 Å². The molecule has 152 valence electrons. The number of nitrogens with one attached hydrogen (secondary N) is 1. The van der Waals surface area contributed by atoms with E-state index in [0.717, 1.165) is 16.9 Å². The first-order chi connectivity index (χ1) is 14.1. The largest absolute Gasteiger partial charge is 0.475 e. The molecule has 0 saturated heterocycles. The van der Waals surface area contributed by atoms with Crippen molar-refractivity contribution in [3.63, 3.8) is 0 Å². The summed E-state index contributed by atoms with van der Waals surface area (Å²) < 4.78 is 12.1. The Balaban J connectivity index is 1.65. The van der Waals surface area contributed by atoms with E-state index in [1.807, 2.05) is 31.2 Å². The van der Waals surface area contributed by atoms with Gasteiger partial charge < -0.3 is 14.8 Å². The van der Waals surface area contributed by atoms with Crippen molar-refractivity contribution in [2.75, 3.05) is 20.3 Å². The Bertz CT molecular complexity index is 957. The van der Waals surface area contributed by atoms with Gasteiger partial charge in [-0.3, -0.25) is 4.79 Å². The topological polar surface area (TPSA) is 78.3 Å². The van der Waals surface area contributed by atoms with E-state index < -0.39 is 0 Å². The van der Waals surface area contributed by atoms with Crippen molar-refractivity contribution >= 4 is 17.5 Å². The molecule has 0 aliphatic rings. The molecule has 29 heavy (non-hydrogen) atoms. The normalized spacial score (nSPS) is 10.7. The second-order valence-corrected chi connectivity index (χ2v) is 6.72. The first-order valence-electron chi connectivity index (χ1n) is 9.30. The minimum Gasteiger partial charge on any atom is -0.475 e. The van der Waals surface area contributed by atoms with Crippen LogP contribution in [0.1, 0.15) is 28.5 Å². The quantitative estimate of drug-likeness (QED) is 0.542. The van der Waals surface area contributed by atoms with Crippen LogP contribution in [0.15, 0.2) is 48.8 Å². The van der Waals surface area contributed by atoms with E-state index in [-0.39, 0.29) is 5.91 Å². The number of benzene rings is 1. The van der Waals surface area contributed by atoms with Crippen LogP contribution in [-0.4, -0.2) is 41.0 Å². The average Bonchev–Trinajstić information content (AvgIpc) is 3.17. The highest BCUT2D eigenvalue weighted by Crippen LogP contribution is 2.19. The lowest BCUT2D eigenvalue weighted by atomic mass is 10.2. The molecule has 0 aliphatic heterocycles. The fraction of sp³-hybridized carbons (Fsp3) is 0.286. The molecule has 1 aromatic carbocycles. The van der Waals surface area contributed by atoms with Gasteiger partial charge in [-0.25, -0.2) is 9.67 Å². The van der Waals surface area contributed by atoms with Crippen LogP contribution in [0.25, 0.3) is 5.69 Å². The SMILES string of the molecule is CCc1c(C(=O)NCc2ccc(OCCOC)nc2)cnn1-c1cccc(Cl)c1. The summed E-state index contributed by atoms with van der Waals surface area (Å²) in [7, 11) is 1.62. The molecule has 0 fully saturated rings. The van der Waals surface area contributed by atoms with Crippen molar-refractivity contribution in [3.05, 3.63) is 70.6 Å². The third-order valence-electron chi connectivity index (χ3n) is 4.29. The summed E-state index contributed by atoms with van der Waals surface area (Å²) in [5.41, 5.74) is 3.06. The Morgan fingerprint density at radius 2 is 2.07 bits per heavy atom. The van der Waals surface area contributed by atoms with Crippen molar-refractivity contribution in [2.45, 2.75) is 19.9 Å². The van der Waals surface area contributed by atoms with Crippen LogP contribution in [0, 0.1) is 0 Å². The summed E-state index contributed by atoms with van der Waals surface area (Å²) in [4.78, 5) is 16.9. The van der Waals surface area contributed by atoms with Crippen molar-refractivity contribution < 1.29 is 14.3 Å². The minimum atomic E-state index is -0.185. The number of halogens is 1. The Morgan fingerprint density at radius 3 is 2.76 bits per heavy atom. The maximum Gasteiger partial charge on any atom is 0.255 e. The zero-order valence-electron chi connectivity index (χ0n) is 16.4. The van der Waals surface area contributed by atoms with E-state index in [1.165, 1.54) is 0 Å². The number of ether oxygens (including phenoxy) is 2. The second kappa shape index (κ2) is 10.0. The number of aromatic nitrogens is 3. The molecule has 1 amide bonds. The fourth-order valence-corrected chi connectivity index (χ4v) is 3.03. The lowest BCUT2D eigenvalue weighted by molar-refractivity contribution is 0.0950. The predicted octanol–water partition coefficient (Wildman–Crippen LogP) is 3.44. The minimum absolute atomic E-state index is 0.185. The molecular formula is C21H23ClN4O3. The van der Waals surface area contributed by atoms with E-state index in [1.54, 1.807) is 36.3 Å². The van der Waals surface area contributed by atoms with Crippen LogP contribution in [0.4, 0.5) is 0 Å². The Morgan fingerprint density at radius 1 is 1.21 bits per heavy atom. The Kier molecular flexibility index (Phi) is 7.21. The summed E-state index contributed by atoms with van der Waals surface area (Å²) >= 11 is 6.08. The molecule has 0 aliphatic carbocycles. The van der Waals surface area contributed by atoms with Crippen LogP contribution < -0.4 is 10.1 Å². The first-order valence-corrected chi connectivity index (χ1v) is 9.68. The van der Waals surface area contributed by atoms with E-state index in [9.17, 15) is 4.79 Å². The number of amides is 1. The number of hydrogen-bond donors (Lipinski definition) is 1. The van der Waals surface area contributed by atoms with Gasteiger partial charge in [0.15, 0.2) is 0 Å². The molecule has 0 saturated carbocycles. The number of carbonyl (C=O) groups excluding carboxylic acids is 1. The number of carbonyl (C=O) groups is 1. The smallest absolute Gasteiger partial charge is 0.255 e. The molecule has 0 bridgehead atoms. The zero-order valence-corrected chi connectivity index (χ0v) is 17.1. The van der Waals surface area contributed by atoms with E-state index in [0.29, 0.717) is 42.6 Å². The molecule has 8 heteroatoms. The van der Waals surface area contributed by atoms with Gasteiger partial charge in [0, 0.05) is 30.9 Å². The van der Waals surface area contributed by atoms with Gasteiger partial charge in [0.2, 0.25) is 5.88 Å². The fourth-order valence-electron chi connectivity index (χ4n) is 2.84. The molecule has 0 spiro atoms. The van der Waals surface area contributed by atoms with Gasteiger partial charge >= 0.3 is 0 Å². The lowest BCUT2D eigenvalue weighted by Gasteiger charge is -2.09. The molecule has 0 unspecified atom stereocenters. The van der Waals surface area contributed by atoms with Gasteiger partial charge in [-0.1, -0.05) is 30.7 Å². The van der Waals surface area contributed by atoms with E-state index in [2.05, 4.69) is 15.4 Å². The molecule has 3 rings (SSSR count). The van der Waals surface area contributed by atoms with Crippen molar-refractivity contribution in [3.8, 4) is 11.6 Å². The van der Waals surface area contributed by atoms with Crippen LogP contribution in [-0.2, 0) is 17.7 Å². The molecule has 3 aromatic rings. The maximum atomic E-state index is 12.7. The highest BCUT2D eigenvalue weighted by molar-refractivity contribution is 6.30. The standard InChI is InChI=1S/C21H23ClN4O3/c1-3-19-18(14-25-26(19)17-6-4-5-16(22)11-17)21(27)24-13-15-7-8-20(23-12-15)29-10-9-28-2/h4-8,11-12,14H,3,9-10,13H2,1-2H3,(H,24,27). The Hall–Kier alpha value is -2.90. The highest BCUT2D eigenvalue weighted by Gasteiger charge is 2.17. The summed E-state index contributed by atoms with van der Waals surface area (Å²) in [6.45, 7) is 3.29. The number of rotatable bonds is 9. The van der Waals surface area contributed by atoms with Gasteiger partial charge in [-0.2, -0.15) is 5.10 Å². The summed E-state index contributed by atoms with van der Waals surface area (Å²) in [5, 5.41) is 7.92. The second-order valence-electron chi connectivity index (χ2n) is 6.28. The number of methoxy groups -OCH3 is 1. The van der Waals surface area contributed by atoms with E-state index in [4.69, 9.17) is 21.1 Å². The van der Waals surface area contributed by atoms with E-state index >= 15 is 0 Å². The van der Waals surface area contributed by atoms with Crippen LogP contribution in [0.2, 0.25) is 5.02 Å².